The molecular weight excluding hydrogens is 222 g/mol. The lowest BCUT2D eigenvalue weighted by molar-refractivity contribution is -0.0105. The minimum Gasteiger partial charge on any atom is -0.465 e. The summed E-state index contributed by atoms with van der Waals surface area (Å²) in [5.74, 6) is -0.599. The van der Waals surface area contributed by atoms with Crippen molar-refractivity contribution in [2.75, 3.05) is 14.2 Å². The number of hydrogen-bond acceptors (Lipinski definition) is 4. The highest BCUT2D eigenvalue weighted by atomic mass is 16.5. The van der Waals surface area contributed by atoms with E-state index in [1.54, 1.807) is 23.9 Å². The number of methoxy groups -OCH3 is 2. The Balaban J connectivity index is 2.36. The summed E-state index contributed by atoms with van der Waals surface area (Å²) in [7, 11) is 2.90. The minimum atomic E-state index is -0.599. The van der Waals surface area contributed by atoms with Crippen LogP contribution in [0.15, 0.2) is 23.1 Å². The van der Waals surface area contributed by atoms with Gasteiger partial charge in [-0.05, 0) is 25.0 Å². The molecule has 1 saturated carbocycles. The summed E-state index contributed by atoms with van der Waals surface area (Å²) in [4.78, 5) is 23.5. The van der Waals surface area contributed by atoms with Crippen LogP contribution in [0.25, 0.3) is 0 Å². The Labute approximate surface area is 99.0 Å². The molecule has 17 heavy (non-hydrogen) atoms. The third kappa shape index (κ3) is 1.98. The average molecular weight is 237 g/mol. The van der Waals surface area contributed by atoms with Crippen molar-refractivity contribution in [3.05, 3.63) is 34.2 Å². The number of esters is 1. The van der Waals surface area contributed by atoms with E-state index in [4.69, 9.17) is 4.74 Å². The molecule has 2 unspecified atom stereocenters. The van der Waals surface area contributed by atoms with Gasteiger partial charge in [0.15, 0.2) is 0 Å². The van der Waals surface area contributed by atoms with Crippen molar-refractivity contribution in [2.45, 2.75) is 25.0 Å². The summed E-state index contributed by atoms with van der Waals surface area (Å²) >= 11 is 0. The van der Waals surface area contributed by atoms with Crippen LogP contribution in [-0.4, -0.2) is 30.9 Å². The molecule has 0 spiro atoms. The first-order valence-corrected chi connectivity index (χ1v) is 5.51. The molecular formula is C12H15NO4. The highest BCUT2D eigenvalue weighted by Gasteiger charge is 2.33. The van der Waals surface area contributed by atoms with Gasteiger partial charge in [-0.1, -0.05) is 0 Å². The van der Waals surface area contributed by atoms with E-state index in [9.17, 15) is 9.59 Å². The Bertz CT molecular complexity index is 478. The van der Waals surface area contributed by atoms with E-state index in [-0.39, 0.29) is 23.3 Å². The largest absolute Gasteiger partial charge is 0.465 e. The van der Waals surface area contributed by atoms with Crippen LogP contribution in [0.4, 0.5) is 0 Å². The monoisotopic (exact) mass is 237 g/mol. The van der Waals surface area contributed by atoms with Gasteiger partial charge in [0.1, 0.15) is 5.56 Å². The van der Waals surface area contributed by atoms with E-state index in [1.165, 1.54) is 13.2 Å². The summed E-state index contributed by atoms with van der Waals surface area (Å²) in [6.07, 6.45) is 3.57. The van der Waals surface area contributed by atoms with Crippen LogP contribution in [-0.2, 0) is 9.47 Å². The Morgan fingerprint density at radius 2 is 2.18 bits per heavy atom. The molecule has 1 aliphatic carbocycles. The maximum Gasteiger partial charge on any atom is 0.343 e. The lowest BCUT2D eigenvalue weighted by Gasteiger charge is -2.36. The smallest absolute Gasteiger partial charge is 0.343 e. The molecule has 5 nitrogen and oxygen atoms in total. The van der Waals surface area contributed by atoms with Crippen molar-refractivity contribution >= 4 is 5.97 Å². The first-order chi connectivity index (χ1) is 8.19. The third-order valence-electron chi connectivity index (χ3n) is 3.22. The van der Waals surface area contributed by atoms with Crippen LogP contribution < -0.4 is 5.56 Å². The van der Waals surface area contributed by atoms with Crippen LogP contribution in [0.5, 0.6) is 0 Å². The highest BCUT2D eigenvalue weighted by molar-refractivity contribution is 5.88. The Kier molecular flexibility index (Phi) is 3.28. The summed E-state index contributed by atoms with van der Waals surface area (Å²) < 4.78 is 11.4. The molecule has 0 saturated heterocycles. The summed E-state index contributed by atoms with van der Waals surface area (Å²) in [6.45, 7) is 0. The van der Waals surface area contributed by atoms with Gasteiger partial charge in [0.2, 0.25) is 0 Å². The van der Waals surface area contributed by atoms with E-state index in [0.717, 1.165) is 12.8 Å². The van der Waals surface area contributed by atoms with Crippen molar-refractivity contribution in [1.29, 1.82) is 0 Å². The van der Waals surface area contributed by atoms with Gasteiger partial charge in [-0.3, -0.25) is 4.79 Å². The standard InChI is InChI=1S/C12H15NO4/c1-16-10-6-5-9(10)13-7-3-4-8(11(13)14)12(15)17-2/h3-4,7,9-10H,5-6H2,1-2H3. The molecule has 1 aliphatic rings. The minimum absolute atomic E-state index is 0.0251. The molecule has 0 aromatic carbocycles. The second kappa shape index (κ2) is 4.71. The van der Waals surface area contributed by atoms with Gasteiger partial charge < -0.3 is 14.0 Å². The highest BCUT2D eigenvalue weighted by Crippen LogP contribution is 2.33. The maximum absolute atomic E-state index is 12.1. The van der Waals surface area contributed by atoms with Crippen molar-refractivity contribution in [3.8, 4) is 0 Å². The van der Waals surface area contributed by atoms with Crippen LogP contribution in [0.2, 0.25) is 0 Å². The maximum atomic E-state index is 12.1. The molecule has 0 radical (unpaired) electrons. The zero-order valence-corrected chi connectivity index (χ0v) is 9.88. The van der Waals surface area contributed by atoms with Gasteiger partial charge in [0.05, 0.1) is 19.3 Å². The number of hydrogen-bond donors (Lipinski definition) is 0. The van der Waals surface area contributed by atoms with E-state index in [2.05, 4.69) is 4.74 Å². The summed E-state index contributed by atoms with van der Waals surface area (Å²) in [5.41, 5.74) is -0.247. The Morgan fingerprint density at radius 3 is 2.71 bits per heavy atom. The van der Waals surface area contributed by atoms with Crippen molar-refractivity contribution in [3.63, 3.8) is 0 Å². The SMILES string of the molecule is COC(=O)c1cccn(C2CCC2OC)c1=O. The van der Waals surface area contributed by atoms with Crippen molar-refractivity contribution in [1.82, 2.24) is 4.57 Å². The summed E-state index contributed by atoms with van der Waals surface area (Å²) in [5, 5.41) is 0. The number of ether oxygens (including phenoxy) is 2. The predicted molar refractivity (Wildman–Crippen MR) is 61.1 cm³/mol. The Hall–Kier alpha value is -1.62. The fraction of sp³-hybridized carbons (Fsp3) is 0.500. The molecule has 1 fully saturated rings. The molecule has 5 heteroatoms. The lowest BCUT2D eigenvalue weighted by atomic mass is 9.88. The average Bonchev–Trinajstić information content (AvgIpc) is 2.30. The van der Waals surface area contributed by atoms with Crippen LogP contribution in [0.3, 0.4) is 0 Å². The number of pyridine rings is 1. The Morgan fingerprint density at radius 1 is 1.41 bits per heavy atom. The molecule has 0 aliphatic heterocycles. The van der Waals surface area contributed by atoms with Crippen molar-refractivity contribution < 1.29 is 14.3 Å². The molecule has 1 aromatic heterocycles. The third-order valence-corrected chi connectivity index (χ3v) is 3.22. The second-order valence-corrected chi connectivity index (χ2v) is 4.04. The van der Waals surface area contributed by atoms with Crippen LogP contribution in [0, 0.1) is 0 Å². The molecule has 2 rings (SSSR count). The van der Waals surface area contributed by atoms with Crippen LogP contribution in [0.1, 0.15) is 29.2 Å². The summed E-state index contributed by atoms with van der Waals surface area (Å²) in [6, 6.07) is 3.18. The first kappa shape index (κ1) is 11.9. The van der Waals surface area contributed by atoms with Crippen molar-refractivity contribution in [2.24, 2.45) is 0 Å². The number of nitrogens with zero attached hydrogens (tertiary/aromatic N) is 1. The van der Waals surface area contributed by atoms with Gasteiger partial charge >= 0.3 is 5.97 Å². The second-order valence-electron chi connectivity index (χ2n) is 4.04. The van der Waals surface area contributed by atoms with Gasteiger partial charge in [0.25, 0.3) is 5.56 Å². The quantitative estimate of drug-likeness (QED) is 0.735. The number of aromatic nitrogens is 1. The topological polar surface area (TPSA) is 57.5 Å². The van der Waals surface area contributed by atoms with Crippen LogP contribution >= 0.6 is 0 Å². The fourth-order valence-electron chi connectivity index (χ4n) is 2.08. The molecule has 92 valence electrons. The van der Waals surface area contributed by atoms with E-state index >= 15 is 0 Å². The number of carbonyl (C=O) groups is 1. The van der Waals surface area contributed by atoms with Gasteiger partial charge in [0, 0.05) is 13.3 Å². The van der Waals surface area contributed by atoms with E-state index in [1.807, 2.05) is 0 Å². The normalized spacial score (nSPS) is 22.9. The van der Waals surface area contributed by atoms with Gasteiger partial charge in [-0.2, -0.15) is 0 Å². The lowest BCUT2D eigenvalue weighted by Crippen LogP contribution is -2.41. The molecule has 0 bridgehead atoms. The molecule has 1 heterocycles. The molecule has 1 aromatic rings. The zero-order valence-electron chi connectivity index (χ0n) is 9.88. The molecule has 2 atom stereocenters. The zero-order chi connectivity index (χ0) is 12.4. The van der Waals surface area contributed by atoms with Gasteiger partial charge in [-0.15, -0.1) is 0 Å². The molecule has 0 N–H and O–H groups in total. The molecule has 0 amide bonds. The van der Waals surface area contributed by atoms with Gasteiger partial charge in [-0.25, -0.2) is 4.79 Å². The first-order valence-electron chi connectivity index (χ1n) is 5.51. The predicted octanol–water partition coefficient (Wildman–Crippen LogP) is 0.985. The number of carbonyl (C=O) groups excluding carboxylic acids is 1. The number of rotatable bonds is 3. The van der Waals surface area contributed by atoms with E-state index in [0.29, 0.717) is 0 Å². The van der Waals surface area contributed by atoms with E-state index < -0.39 is 5.97 Å². The fourth-order valence-corrected chi connectivity index (χ4v) is 2.08.